The highest BCUT2D eigenvalue weighted by molar-refractivity contribution is 7.89. The first-order valence-electron chi connectivity index (χ1n) is 7.67. The van der Waals surface area contributed by atoms with Gasteiger partial charge in [0.15, 0.2) is 0 Å². The number of piperidine rings is 1. The number of hydrogen-bond acceptors (Lipinski definition) is 3. The van der Waals surface area contributed by atoms with Gasteiger partial charge >= 0.3 is 6.18 Å². The van der Waals surface area contributed by atoms with Crippen molar-refractivity contribution in [2.24, 2.45) is 0 Å². The molecule has 9 heteroatoms. The van der Waals surface area contributed by atoms with E-state index in [2.05, 4.69) is 5.32 Å². The van der Waals surface area contributed by atoms with Crippen LogP contribution in [0.15, 0.2) is 29.2 Å². The van der Waals surface area contributed by atoms with E-state index in [0.717, 1.165) is 12.1 Å². The van der Waals surface area contributed by atoms with Crippen LogP contribution in [0.1, 0.15) is 31.7 Å². The van der Waals surface area contributed by atoms with Crippen LogP contribution in [0.4, 0.5) is 13.2 Å². The standard InChI is InChI=1S/C15H21F3N2O2S.ClH/c1-2-11-20(12-7-9-19-10-8-12)23(21,22)14-6-4-3-5-13(14)15(16,17)18;/h3-6,12,19H,2,7-11H2,1H3;1H. The fraction of sp³-hybridized carbons (Fsp3) is 0.600. The molecule has 1 heterocycles. The highest BCUT2D eigenvalue weighted by Crippen LogP contribution is 2.36. The molecule has 1 aliphatic rings. The molecular formula is C15H22ClF3N2O2S. The van der Waals surface area contributed by atoms with Crippen LogP contribution in [-0.2, 0) is 16.2 Å². The van der Waals surface area contributed by atoms with E-state index >= 15 is 0 Å². The summed E-state index contributed by atoms with van der Waals surface area (Å²) < 4.78 is 66.6. The SMILES string of the molecule is CCCN(C1CCNCC1)S(=O)(=O)c1ccccc1C(F)(F)F.Cl. The maximum Gasteiger partial charge on any atom is 0.417 e. The molecule has 0 spiro atoms. The van der Waals surface area contributed by atoms with Crippen LogP contribution in [0.2, 0.25) is 0 Å². The third-order valence-corrected chi connectivity index (χ3v) is 5.95. The molecule has 2 rings (SSSR count). The molecule has 24 heavy (non-hydrogen) atoms. The molecule has 0 amide bonds. The molecule has 1 fully saturated rings. The quantitative estimate of drug-likeness (QED) is 0.844. The van der Waals surface area contributed by atoms with Gasteiger partial charge in [0.1, 0.15) is 0 Å². The van der Waals surface area contributed by atoms with E-state index in [1.54, 1.807) is 0 Å². The normalized spacial score (nSPS) is 16.9. The van der Waals surface area contributed by atoms with Gasteiger partial charge in [-0.1, -0.05) is 19.1 Å². The molecule has 0 aliphatic carbocycles. The zero-order valence-electron chi connectivity index (χ0n) is 13.3. The second-order valence-electron chi connectivity index (χ2n) is 5.59. The first kappa shape index (κ1) is 21.2. The number of hydrogen-bond donors (Lipinski definition) is 1. The number of nitrogens with zero attached hydrogens (tertiary/aromatic N) is 1. The molecule has 1 saturated heterocycles. The van der Waals surface area contributed by atoms with Crippen molar-refractivity contribution in [1.29, 1.82) is 0 Å². The number of alkyl halides is 3. The van der Waals surface area contributed by atoms with Gasteiger partial charge < -0.3 is 5.32 Å². The van der Waals surface area contributed by atoms with Gasteiger partial charge in [-0.05, 0) is 44.5 Å². The Hall–Kier alpha value is -0.830. The molecule has 0 aromatic heterocycles. The van der Waals surface area contributed by atoms with E-state index in [1.807, 2.05) is 6.92 Å². The maximum atomic E-state index is 13.2. The van der Waals surface area contributed by atoms with Gasteiger partial charge in [-0.3, -0.25) is 0 Å². The molecule has 1 aromatic carbocycles. The van der Waals surface area contributed by atoms with Crippen LogP contribution in [0, 0.1) is 0 Å². The van der Waals surface area contributed by atoms with Gasteiger partial charge in [-0.15, -0.1) is 12.4 Å². The third-order valence-electron chi connectivity index (χ3n) is 3.94. The number of halogens is 4. The highest BCUT2D eigenvalue weighted by atomic mass is 35.5. The Labute approximate surface area is 146 Å². The second-order valence-corrected chi connectivity index (χ2v) is 7.45. The van der Waals surface area contributed by atoms with Crippen molar-refractivity contribution < 1.29 is 21.6 Å². The topological polar surface area (TPSA) is 49.4 Å². The van der Waals surface area contributed by atoms with Crippen LogP contribution >= 0.6 is 12.4 Å². The van der Waals surface area contributed by atoms with Gasteiger partial charge in [0, 0.05) is 12.6 Å². The summed E-state index contributed by atoms with van der Waals surface area (Å²) in [6.45, 7) is 3.38. The summed E-state index contributed by atoms with van der Waals surface area (Å²) in [5.74, 6) is 0. The lowest BCUT2D eigenvalue weighted by molar-refractivity contribution is -0.139. The Balaban J connectivity index is 0.00000288. The van der Waals surface area contributed by atoms with Crippen molar-refractivity contribution in [2.75, 3.05) is 19.6 Å². The monoisotopic (exact) mass is 386 g/mol. The number of rotatable bonds is 5. The minimum atomic E-state index is -4.70. The van der Waals surface area contributed by atoms with E-state index in [0.29, 0.717) is 32.4 Å². The average molecular weight is 387 g/mol. The number of benzene rings is 1. The van der Waals surface area contributed by atoms with Crippen molar-refractivity contribution in [1.82, 2.24) is 9.62 Å². The molecule has 0 unspecified atom stereocenters. The van der Waals surface area contributed by atoms with Gasteiger partial charge in [0.05, 0.1) is 10.5 Å². The lowest BCUT2D eigenvalue weighted by Gasteiger charge is -2.34. The molecular weight excluding hydrogens is 365 g/mol. The minimum absolute atomic E-state index is 0. The summed E-state index contributed by atoms with van der Waals surface area (Å²) in [5.41, 5.74) is -1.10. The molecule has 0 saturated carbocycles. The number of nitrogens with one attached hydrogen (secondary N) is 1. The lowest BCUT2D eigenvalue weighted by atomic mass is 10.1. The first-order valence-corrected chi connectivity index (χ1v) is 9.11. The molecule has 1 aliphatic heterocycles. The summed E-state index contributed by atoms with van der Waals surface area (Å²) >= 11 is 0. The predicted octanol–water partition coefficient (Wildman–Crippen LogP) is 3.28. The Morgan fingerprint density at radius 2 is 1.79 bits per heavy atom. The summed E-state index contributed by atoms with van der Waals surface area (Å²) in [6.07, 6.45) is -2.94. The van der Waals surface area contributed by atoms with Crippen molar-refractivity contribution in [3.63, 3.8) is 0 Å². The molecule has 0 radical (unpaired) electrons. The fourth-order valence-electron chi connectivity index (χ4n) is 2.87. The molecule has 138 valence electrons. The van der Waals surface area contributed by atoms with Crippen molar-refractivity contribution >= 4 is 22.4 Å². The van der Waals surface area contributed by atoms with Gasteiger partial charge in [0.25, 0.3) is 0 Å². The summed E-state index contributed by atoms with van der Waals surface area (Å²) in [4.78, 5) is -0.653. The van der Waals surface area contributed by atoms with Crippen LogP contribution in [0.25, 0.3) is 0 Å². The Morgan fingerprint density at radius 3 is 2.33 bits per heavy atom. The van der Waals surface area contributed by atoms with E-state index in [9.17, 15) is 21.6 Å². The average Bonchev–Trinajstić information content (AvgIpc) is 2.52. The van der Waals surface area contributed by atoms with Gasteiger partial charge in [-0.2, -0.15) is 17.5 Å². The first-order chi connectivity index (χ1) is 10.8. The fourth-order valence-corrected chi connectivity index (χ4v) is 4.86. The Kier molecular flexibility index (Phi) is 7.52. The zero-order valence-corrected chi connectivity index (χ0v) is 15.0. The molecule has 0 atom stereocenters. The van der Waals surface area contributed by atoms with Gasteiger partial charge in [0.2, 0.25) is 10.0 Å². The Bertz CT molecular complexity index is 632. The van der Waals surface area contributed by atoms with Gasteiger partial charge in [-0.25, -0.2) is 8.42 Å². The number of sulfonamides is 1. The molecule has 1 N–H and O–H groups in total. The van der Waals surface area contributed by atoms with E-state index < -0.39 is 26.7 Å². The third kappa shape index (κ3) is 4.62. The summed E-state index contributed by atoms with van der Waals surface area (Å²) in [6, 6.07) is 4.13. The van der Waals surface area contributed by atoms with Crippen molar-refractivity contribution in [2.45, 2.75) is 43.3 Å². The predicted molar refractivity (Wildman–Crippen MR) is 88.8 cm³/mol. The van der Waals surface area contributed by atoms with E-state index in [4.69, 9.17) is 0 Å². The van der Waals surface area contributed by atoms with Crippen LogP contribution in [0.5, 0.6) is 0 Å². The lowest BCUT2D eigenvalue weighted by Crippen LogP contribution is -2.46. The second kappa shape index (κ2) is 8.51. The van der Waals surface area contributed by atoms with Crippen molar-refractivity contribution in [3.05, 3.63) is 29.8 Å². The smallest absolute Gasteiger partial charge is 0.317 e. The van der Waals surface area contributed by atoms with E-state index in [-0.39, 0.29) is 25.0 Å². The summed E-state index contributed by atoms with van der Waals surface area (Å²) in [5, 5.41) is 3.14. The Morgan fingerprint density at radius 1 is 1.21 bits per heavy atom. The van der Waals surface area contributed by atoms with Crippen LogP contribution < -0.4 is 5.32 Å². The minimum Gasteiger partial charge on any atom is -0.317 e. The zero-order chi connectivity index (χ0) is 17.1. The maximum absolute atomic E-state index is 13.2. The van der Waals surface area contributed by atoms with Crippen molar-refractivity contribution in [3.8, 4) is 0 Å². The largest absolute Gasteiger partial charge is 0.417 e. The molecule has 1 aromatic rings. The molecule has 4 nitrogen and oxygen atoms in total. The van der Waals surface area contributed by atoms with Crippen LogP contribution in [0.3, 0.4) is 0 Å². The summed E-state index contributed by atoms with van der Waals surface area (Å²) in [7, 11) is -4.19. The highest BCUT2D eigenvalue weighted by Gasteiger charge is 2.40. The molecule has 0 bridgehead atoms. The van der Waals surface area contributed by atoms with E-state index in [1.165, 1.54) is 16.4 Å². The van der Waals surface area contributed by atoms with Crippen LogP contribution in [-0.4, -0.2) is 38.4 Å².